The van der Waals surface area contributed by atoms with Gasteiger partial charge >= 0.3 is 0 Å². The fourth-order valence-electron chi connectivity index (χ4n) is 3.39. The summed E-state index contributed by atoms with van der Waals surface area (Å²) in [5.74, 6) is 0.479. The second kappa shape index (κ2) is 8.54. The molecule has 0 aliphatic rings. The summed E-state index contributed by atoms with van der Waals surface area (Å²) < 4.78 is 3.35. The average molecular weight is 420 g/mol. The van der Waals surface area contributed by atoms with Gasteiger partial charge in [0.1, 0.15) is 0 Å². The van der Waals surface area contributed by atoms with E-state index in [9.17, 15) is 9.59 Å². The standard InChI is InChI=1S/C22H21N5O2S/c1-3-13-26-20(29)16-10-6-8-12-18(16)27-21(26)24-25-22(27)30-14-19(28)23-17-11-7-5-9-15(17)4-2/h3,5-12H,1,4,13-14H2,2H3,(H,23,28). The van der Waals surface area contributed by atoms with Crippen LogP contribution in [0.2, 0.25) is 0 Å². The Morgan fingerprint density at radius 1 is 1.17 bits per heavy atom. The minimum Gasteiger partial charge on any atom is -0.325 e. The van der Waals surface area contributed by atoms with Gasteiger partial charge in [0, 0.05) is 12.2 Å². The molecule has 4 aromatic rings. The number of amides is 1. The van der Waals surface area contributed by atoms with Gasteiger partial charge < -0.3 is 5.32 Å². The van der Waals surface area contributed by atoms with Crippen molar-refractivity contribution in [1.82, 2.24) is 19.2 Å². The zero-order valence-electron chi connectivity index (χ0n) is 16.5. The maximum atomic E-state index is 12.8. The summed E-state index contributed by atoms with van der Waals surface area (Å²) in [6.07, 6.45) is 2.49. The van der Waals surface area contributed by atoms with E-state index < -0.39 is 0 Å². The molecule has 0 saturated heterocycles. The van der Waals surface area contributed by atoms with Crippen LogP contribution in [0, 0.1) is 0 Å². The van der Waals surface area contributed by atoms with Gasteiger partial charge in [0.25, 0.3) is 5.56 Å². The lowest BCUT2D eigenvalue weighted by atomic mass is 10.1. The summed E-state index contributed by atoms with van der Waals surface area (Å²) in [5, 5.41) is 12.5. The van der Waals surface area contributed by atoms with E-state index in [2.05, 4.69) is 29.0 Å². The number of allylic oxidation sites excluding steroid dienone is 1. The Morgan fingerprint density at radius 3 is 2.73 bits per heavy atom. The van der Waals surface area contributed by atoms with E-state index in [0.29, 0.717) is 28.4 Å². The van der Waals surface area contributed by atoms with Crippen molar-refractivity contribution in [2.75, 3.05) is 11.1 Å². The molecule has 2 heterocycles. The maximum absolute atomic E-state index is 12.8. The molecule has 1 N–H and O–H groups in total. The highest BCUT2D eigenvalue weighted by Crippen LogP contribution is 2.22. The Bertz CT molecular complexity index is 1310. The maximum Gasteiger partial charge on any atom is 0.263 e. The van der Waals surface area contributed by atoms with Crippen LogP contribution in [0.1, 0.15) is 12.5 Å². The van der Waals surface area contributed by atoms with Crippen molar-refractivity contribution in [3.05, 3.63) is 77.1 Å². The lowest BCUT2D eigenvalue weighted by Crippen LogP contribution is -2.22. The number of hydrogen-bond acceptors (Lipinski definition) is 5. The summed E-state index contributed by atoms with van der Waals surface area (Å²) in [7, 11) is 0. The number of thioether (sulfide) groups is 1. The number of nitrogens with zero attached hydrogens (tertiary/aromatic N) is 4. The van der Waals surface area contributed by atoms with Crippen molar-refractivity contribution in [1.29, 1.82) is 0 Å². The van der Waals surface area contributed by atoms with Gasteiger partial charge in [0.2, 0.25) is 11.7 Å². The van der Waals surface area contributed by atoms with Gasteiger partial charge in [-0.3, -0.25) is 18.6 Å². The molecule has 0 saturated carbocycles. The van der Waals surface area contributed by atoms with Crippen LogP contribution in [0.15, 0.2) is 71.1 Å². The first-order valence-electron chi connectivity index (χ1n) is 9.62. The number of aryl methyl sites for hydroxylation is 1. The van der Waals surface area contributed by atoms with Crippen molar-refractivity contribution < 1.29 is 4.79 Å². The number of carbonyl (C=O) groups is 1. The van der Waals surface area contributed by atoms with Crippen molar-refractivity contribution >= 4 is 40.0 Å². The van der Waals surface area contributed by atoms with Crippen LogP contribution in [0.3, 0.4) is 0 Å². The van der Waals surface area contributed by atoms with Crippen LogP contribution in [-0.4, -0.2) is 30.8 Å². The summed E-state index contributed by atoms with van der Waals surface area (Å²) in [5.41, 5.74) is 2.48. The molecule has 0 aliphatic heterocycles. The van der Waals surface area contributed by atoms with Crippen LogP contribution in [0.25, 0.3) is 16.7 Å². The third kappa shape index (κ3) is 3.61. The Kier molecular flexibility index (Phi) is 5.67. The van der Waals surface area contributed by atoms with E-state index in [4.69, 9.17) is 0 Å². The first-order chi connectivity index (χ1) is 14.6. The fourth-order valence-corrected chi connectivity index (χ4v) is 4.13. The lowest BCUT2D eigenvalue weighted by molar-refractivity contribution is -0.113. The van der Waals surface area contributed by atoms with Gasteiger partial charge in [-0.25, -0.2) is 0 Å². The van der Waals surface area contributed by atoms with Crippen molar-refractivity contribution in [2.45, 2.75) is 25.0 Å². The van der Waals surface area contributed by atoms with Crippen molar-refractivity contribution in [3.8, 4) is 0 Å². The molecule has 2 aromatic heterocycles. The summed E-state index contributed by atoms with van der Waals surface area (Å²) >= 11 is 1.28. The zero-order chi connectivity index (χ0) is 21.1. The normalized spacial score (nSPS) is 11.1. The molecule has 1 amide bonds. The number of anilines is 1. The molecule has 0 spiro atoms. The molecule has 2 aromatic carbocycles. The van der Waals surface area contributed by atoms with Gasteiger partial charge in [-0.2, -0.15) is 0 Å². The number of nitrogens with one attached hydrogen (secondary N) is 1. The predicted molar refractivity (Wildman–Crippen MR) is 120 cm³/mol. The molecule has 4 rings (SSSR count). The first-order valence-corrected chi connectivity index (χ1v) is 10.6. The van der Waals surface area contributed by atoms with Crippen LogP contribution < -0.4 is 10.9 Å². The number of para-hydroxylation sites is 2. The quantitative estimate of drug-likeness (QED) is 0.366. The molecule has 0 fully saturated rings. The van der Waals surface area contributed by atoms with Crippen LogP contribution in [-0.2, 0) is 17.8 Å². The Hall–Kier alpha value is -3.39. The van der Waals surface area contributed by atoms with Gasteiger partial charge in [-0.15, -0.1) is 16.8 Å². The number of rotatable bonds is 7. The summed E-state index contributed by atoms with van der Waals surface area (Å²) in [4.78, 5) is 25.4. The minimum atomic E-state index is -0.143. The Labute approximate surface area is 177 Å². The SMILES string of the molecule is C=CCn1c(=O)c2ccccc2n2c(SCC(=O)Nc3ccccc3CC)nnc12. The molecule has 30 heavy (non-hydrogen) atoms. The number of benzene rings is 2. The third-order valence-corrected chi connectivity index (χ3v) is 5.72. The van der Waals surface area contributed by atoms with Crippen LogP contribution in [0.5, 0.6) is 0 Å². The van der Waals surface area contributed by atoms with E-state index in [1.54, 1.807) is 12.1 Å². The van der Waals surface area contributed by atoms with E-state index in [-0.39, 0.29) is 17.2 Å². The van der Waals surface area contributed by atoms with Gasteiger partial charge in [0.15, 0.2) is 5.16 Å². The minimum absolute atomic E-state index is 0.124. The molecule has 0 radical (unpaired) electrons. The van der Waals surface area contributed by atoms with Crippen LogP contribution in [0.4, 0.5) is 5.69 Å². The molecular formula is C22H21N5O2S. The highest BCUT2D eigenvalue weighted by Gasteiger charge is 2.17. The predicted octanol–water partition coefficient (Wildman–Crippen LogP) is 3.52. The Balaban J connectivity index is 1.66. The van der Waals surface area contributed by atoms with E-state index in [0.717, 1.165) is 17.7 Å². The van der Waals surface area contributed by atoms with Gasteiger partial charge in [-0.1, -0.05) is 55.1 Å². The van der Waals surface area contributed by atoms with Crippen molar-refractivity contribution in [2.24, 2.45) is 0 Å². The lowest BCUT2D eigenvalue weighted by Gasteiger charge is -2.10. The molecule has 8 heteroatoms. The molecule has 152 valence electrons. The van der Waals surface area contributed by atoms with Crippen LogP contribution >= 0.6 is 11.8 Å². The number of hydrogen-bond donors (Lipinski definition) is 1. The smallest absolute Gasteiger partial charge is 0.263 e. The summed E-state index contributed by atoms with van der Waals surface area (Å²) in [6.45, 7) is 6.10. The molecule has 0 unspecified atom stereocenters. The van der Waals surface area contributed by atoms with E-state index in [1.807, 2.05) is 46.9 Å². The molecular weight excluding hydrogens is 398 g/mol. The average Bonchev–Trinajstić information content (AvgIpc) is 3.19. The third-order valence-electron chi connectivity index (χ3n) is 4.79. The van der Waals surface area contributed by atoms with E-state index in [1.165, 1.54) is 16.3 Å². The monoisotopic (exact) mass is 419 g/mol. The molecule has 7 nitrogen and oxygen atoms in total. The number of aromatic nitrogens is 4. The number of carbonyl (C=O) groups excluding carboxylic acids is 1. The second-order valence-electron chi connectivity index (χ2n) is 6.69. The molecule has 0 aliphatic carbocycles. The van der Waals surface area contributed by atoms with E-state index >= 15 is 0 Å². The largest absolute Gasteiger partial charge is 0.325 e. The summed E-state index contributed by atoms with van der Waals surface area (Å²) in [6, 6.07) is 15.1. The van der Waals surface area contributed by atoms with Gasteiger partial charge in [0.05, 0.1) is 16.7 Å². The highest BCUT2D eigenvalue weighted by atomic mass is 32.2. The second-order valence-corrected chi connectivity index (χ2v) is 7.63. The molecule has 0 atom stereocenters. The fraction of sp³-hybridized carbons (Fsp3) is 0.182. The number of fused-ring (bicyclic) bond motifs is 3. The van der Waals surface area contributed by atoms with Crippen molar-refractivity contribution in [3.63, 3.8) is 0 Å². The Morgan fingerprint density at radius 2 is 1.93 bits per heavy atom. The molecule has 0 bridgehead atoms. The zero-order valence-corrected chi connectivity index (χ0v) is 17.4. The topological polar surface area (TPSA) is 81.3 Å². The van der Waals surface area contributed by atoms with Gasteiger partial charge in [-0.05, 0) is 30.2 Å². The first kappa shape index (κ1) is 19.9. The highest BCUT2D eigenvalue weighted by molar-refractivity contribution is 7.99.